The van der Waals surface area contributed by atoms with Crippen LogP contribution in [0.15, 0.2) is 52.9 Å². The number of hydrogen-bond donors (Lipinski definition) is 1. The van der Waals surface area contributed by atoms with Crippen LogP contribution >= 0.6 is 0 Å². The van der Waals surface area contributed by atoms with Crippen LogP contribution in [-0.2, 0) is 4.79 Å². The standard InChI is InChI=1S/C20H19N3O3/c1-12-22-23-20(26-12)13-7-9-14(10-8-13)21-19(24)17-11-16(17)15-5-3-4-6-18(15)25-2/h3-10,16-17H,11H2,1-2H3,(H,21,24)/t16-,17-/m1/s1. The minimum Gasteiger partial charge on any atom is -0.496 e. The van der Waals surface area contributed by atoms with Gasteiger partial charge in [-0.2, -0.15) is 0 Å². The number of anilines is 1. The molecular weight excluding hydrogens is 330 g/mol. The summed E-state index contributed by atoms with van der Waals surface area (Å²) in [4.78, 5) is 12.5. The molecule has 2 atom stereocenters. The van der Waals surface area contributed by atoms with E-state index in [2.05, 4.69) is 15.5 Å². The first-order valence-electron chi connectivity index (χ1n) is 8.50. The van der Waals surface area contributed by atoms with Gasteiger partial charge in [-0.15, -0.1) is 10.2 Å². The van der Waals surface area contributed by atoms with Gasteiger partial charge in [0, 0.05) is 24.1 Å². The summed E-state index contributed by atoms with van der Waals surface area (Å²) in [7, 11) is 1.66. The fourth-order valence-electron chi connectivity index (χ4n) is 3.15. The Hall–Kier alpha value is -3.15. The number of nitrogens with zero attached hydrogens (tertiary/aromatic N) is 2. The molecule has 1 N–H and O–H groups in total. The molecule has 26 heavy (non-hydrogen) atoms. The maximum absolute atomic E-state index is 12.5. The lowest BCUT2D eigenvalue weighted by Gasteiger charge is -2.08. The average molecular weight is 349 g/mol. The predicted octanol–water partition coefficient (Wildman–Crippen LogP) is 3.80. The SMILES string of the molecule is COc1ccccc1[C@H]1C[C@H]1C(=O)Nc1ccc(-c2nnc(C)o2)cc1. The van der Waals surface area contributed by atoms with Crippen LogP contribution in [0.4, 0.5) is 5.69 Å². The van der Waals surface area contributed by atoms with Crippen LogP contribution in [0.25, 0.3) is 11.5 Å². The largest absolute Gasteiger partial charge is 0.496 e. The quantitative estimate of drug-likeness (QED) is 0.758. The molecule has 2 aromatic carbocycles. The molecule has 0 unspecified atom stereocenters. The minimum atomic E-state index is -0.0235. The molecule has 1 heterocycles. The van der Waals surface area contributed by atoms with Crippen LogP contribution in [-0.4, -0.2) is 23.2 Å². The van der Waals surface area contributed by atoms with Gasteiger partial charge < -0.3 is 14.5 Å². The zero-order chi connectivity index (χ0) is 18.1. The number of rotatable bonds is 5. The molecule has 0 bridgehead atoms. The molecule has 0 saturated heterocycles. The molecule has 1 aliphatic rings. The number of benzene rings is 2. The zero-order valence-corrected chi connectivity index (χ0v) is 14.6. The van der Waals surface area contributed by atoms with Gasteiger partial charge in [0.2, 0.25) is 17.7 Å². The minimum absolute atomic E-state index is 0.0235. The van der Waals surface area contributed by atoms with Gasteiger partial charge in [-0.25, -0.2) is 0 Å². The topological polar surface area (TPSA) is 77.2 Å². The zero-order valence-electron chi connectivity index (χ0n) is 14.6. The summed E-state index contributed by atoms with van der Waals surface area (Å²) < 4.78 is 10.8. The van der Waals surface area contributed by atoms with Crippen molar-refractivity contribution in [3.05, 3.63) is 60.0 Å². The van der Waals surface area contributed by atoms with Crippen molar-refractivity contribution in [1.82, 2.24) is 10.2 Å². The molecule has 6 nitrogen and oxygen atoms in total. The molecular formula is C20H19N3O3. The van der Waals surface area contributed by atoms with Crippen LogP contribution in [0.2, 0.25) is 0 Å². The Bertz CT molecular complexity index is 933. The first kappa shape index (κ1) is 16.3. The van der Waals surface area contributed by atoms with Crippen molar-refractivity contribution in [2.45, 2.75) is 19.3 Å². The average Bonchev–Trinajstić information content (AvgIpc) is 3.36. The third-order valence-electron chi connectivity index (χ3n) is 4.59. The molecule has 1 fully saturated rings. The van der Waals surface area contributed by atoms with E-state index < -0.39 is 0 Å². The molecule has 1 aliphatic carbocycles. The highest BCUT2D eigenvalue weighted by atomic mass is 16.5. The number of nitrogens with one attached hydrogen (secondary N) is 1. The van der Waals surface area contributed by atoms with E-state index in [1.54, 1.807) is 14.0 Å². The van der Waals surface area contributed by atoms with Gasteiger partial charge >= 0.3 is 0 Å². The molecule has 4 rings (SSSR count). The Kier molecular flexibility index (Phi) is 4.16. The number of aryl methyl sites for hydroxylation is 1. The summed E-state index contributed by atoms with van der Waals surface area (Å²) in [6, 6.07) is 15.3. The van der Waals surface area contributed by atoms with Gasteiger partial charge in [0.15, 0.2) is 0 Å². The predicted molar refractivity (Wildman–Crippen MR) is 96.9 cm³/mol. The normalized spacial score (nSPS) is 18.4. The van der Waals surface area contributed by atoms with Crippen molar-refractivity contribution in [2.24, 2.45) is 5.92 Å². The Morgan fingerprint density at radius 3 is 2.62 bits per heavy atom. The van der Waals surface area contributed by atoms with Gasteiger partial charge in [0.1, 0.15) is 5.75 Å². The van der Waals surface area contributed by atoms with Crippen LogP contribution < -0.4 is 10.1 Å². The van der Waals surface area contributed by atoms with Crippen molar-refractivity contribution in [3.8, 4) is 17.2 Å². The van der Waals surface area contributed by atoms with Crippen molar-refractivity contribution in [3.63, 3.8) is 0 Å². The lowest BCUT2D eigenvalue weighted by Crippen LogP contribution is -2.14. The summed E-state index contributed by atoms with van der Waals surface area (Å²) in [5.74, 6) is 2.05. The fourth-order valence-corrected chi connectivity index (χ4v) is 3.15. The highest BCUT2D eigenvalue weighted by Gasteiger charge is 2.45. The van der Waals surface area contributed by atoms with E-state index in [0.717, 1.165) is 29.0 Å². The third kappa shape index (κ3) is 3.18. The Morgan fingerprint density at radius 1 is 1.15 bits per heavy atom. The second-order valence-electron chi connectivity index (χ2n) is 6.38. The highest BCUT2D eigenvalue weighted by molar-refractivity contribution is 5.95. The molecule has 0 radical (unpaired) electrons. The van der Waals surface area contributed by atoms with E-state index in [4.69, 9.17) is 9.15 Å². The number of amides is 1. The van der Waals surface area contributed by atoms with E-state index in [1.165, 1.54) is 0 Å². The fraction of sp³-hybridized carbons (Fsp3) is 0.250. The summed E-state index contributed by atoms with van der Waals surface area (Å²) in [5, 5.41) is 10.8. The monoisotopic (exact) mass is 349 g/mol. The molecule has 3 aromatic rings. The van der Waals surface area contributed by atoms with E-state index in [9.17, 15) is 4.79 Å². The number of ether oxygens (including phenoxy) is 1. The van der Waals surface area contributed by atoms with E-state index >= 15 is 0 Å². The molecule has 1 aromatic heterocycles. The summed E-state index contributed by atoms with van der Waals surface area (Å²) in [6.45, 7) is 1.75. The second kappa shape index (κ2) is 6.63. The Balaban J connectivity index is 1.41. The van der Waals surface area contributed by atoms with Gasteiger partial charge in [-0.05, 0) is 48.2 Å². The van der Waals surface area contributed by atoms with Crippen molar-refractivity contribution in [2.75, 3.05) is 12.4 Å². The maximum Gasteiger partial charge on any atom is 0.247 e. The summed E-state index contributed by atoms with van der Waals surface area (Å²) in [5.41, 5.74) is 2.67. The molecule has 6 heteroatoms. The molecule has 1 saturated carbocycles. The summed E-state index contributed by atoms with van der Waals surface area (Å²) in [6.07, 6.45) is 0.839. The molecule has 0 aliphatic heterocycles. The number of hydrogen-bond acceptors (Lipinski definition) is 5. The Morgan fingerprint density at radius 2 is 1.92 bits per heavy atom. The van der Waals surface area contributed by atoms with E-state index in [-0.39, 0.29) is 17.7 Å². The van der Waals surface area contributed by atoms with Crippen LogP contribution in [0.3, 0.4) is 0 Å². The third-order valence-corrected chi connectivity index (χ3v) is 4.59. The number of carbonyl (C=O) groups is 1. The Labute approximate surface area is 151 Å². The van der Waals surface area contributed by atoms with E-state index in [0.29, 0.717) is 11.8 Å². The van der Waals surface area contributed by atoms with Crippen molar-refractivity contribution < 1.29 is 13.9 Å². The van der Waals surface area contributed by atoms with Crippen LogP contribution in [0.5, 0.6) is 5.75 Å². The van der Waals surface area contributed by atoms with Gasteiger partial charge in [-0.3, -0.25) is 4.79 Å². The smallest absolute Gasteiger partial charge is 0.247 e. The van der Waals surface area contributed by atoms with E-state index in [1.807, 2.05) is 48.5 Å². The lowest BCUT2D eigenvalue weighted by atomic mass is 10.1. The van der Waals surface area contributed by atoms with Gasteiger partial charge in [0.05, 0.1) is 7.11 Å². The van der Waals surface area contributed by atoms with Gasteiger partial charge in [-0.1, -0.05) is 18.2 Å². The van der Waals surface area contributed by atoms with Crippen molar-refractivity contribution in [1.29, 1.82) is 0 Å². The second-order valence-corrected chi connectivity index (χ2v) is 6.38. The number of para-hydroxylation sites is 1. The molecule has 1 amide bonds. The summed E-state index contributed by atoms with van der Waals surface area (Å²) >= 11 is 0. The van der Waals surface area contributed by atoms with Crippen molar-refractivity contribution >= 4 is 11.6 Å². The highest BCUT2D eigenvalue weighted by Crippen LogP contribution is 2.50. The first-order chi connectivity index (χ1) is 12.7. The number of aromatic nitrogens is 2. The number of methoxy groups -OCH3 is 1. The first-order valence-corrected chi connectivity index (χ1v) is 8.50. The molecule has 0 spiro atoms. The lowest BCUT2D eigenvalue weighted by molar-refractivity contribution is -0.117. The number of carbonyl (C=O) groups excluding carboxylic acids is 1. The molecule has 132 valence electrons. The van der Waals surface area contributed by atoms with Crippen LogP contribution in [0, 0.1) is 12.8 Å². The maximum atomic E-state index is 12.5. The van der Waals surface area contributed by atoms with Gasteiger partial charge in [0.25, 0.3) is 0 Å². The van der Waals surface area contributed by atoms with Crippen LogP contribution in [0.1, 0.15) is 23.8 Å².